The number of hydrogen-bond acceptors (Lipinski definition) is 4. The normalized spacial score (nSPS) is 10.6. The van der Waals surface area contributed by atoms with Crippen LogP contribution in [0.3, 0.4) is 0 Å². The van der Waals surface area contributed by atoms with E-state index in [1.807, 2.05) is 31.2 Å². The van der Waals surface area contributed by atoms with Crippen molar-refractivity contribution in [3.8, 4) is 0 Å². The monoisotopic (exact) mass is 252 g/mol. The third kappa shape index (κ3) is 2.74. The van der Waals surface area contributed by atoms with E-state index in [0.717, 1.165) is 9.86 Å². The van der Waals surface area contributed by atoms with Gasteiger partial charge in [0.05, 0.1) is 16.0 Å². The third-order valence-corrected chi connectivity index (χ3v) is 4.15. The first-order chi connectivity index (χ1) is 7.79. The minimum atomic E-state index is 0.0618. The average Bonchev–Trinajstić information content (AvgIpc) is 2.69. The summed E-state index contributed by atoms with van der Waals surface area (Å²) in [7, 11) is 0. The van der Waals surface area contributed by atoms with Crippen molar-refractivity contribution in [2.45, 2.75) is 11.3 Å². The van der Waals surface area contributed by atoms with E-state index >= 15 is 0 Å². The number of hydrogen-bond donors (Lipinski definition) is 1. The molecule has 0 spiro atoms. The molecule has 0 fully saturated rings. The second kappa shape index (κ2) is 5.32. The number of carbonyl (C=O) groups excluding carboxylic acids is 1. The molecule has 0 unspecified atom stereocenters. The Bertz CT molecular complexity index is 462. The predicted octanol–water partition coefficient (Wildman–Crippen LogP) is 2.52. The van der Waals surface area contributed by atoms with Crippen LogP contribution in [0.5, 0.6) is 0 Å². The molecule has 1 aromatic carbocycles. The number of nitrogens with one attached hydrogen (secondary N) is 1. The van der Waals surface area contributed by atoms with E-state index in [2.05, 4.69) is 10.3 Å². The van der Waals surface area contributed by atoms with Crippen LogP contribution in [0.1, 0.15) is 6.92 Å². The summed E-state index contributed by atoms with van der Waals surface area (Å²) < 4.78 is 2.12. The zero-order chi connectivity index (χ0) is 11.4. The SMILES string of the molecule is CCNC(=O)CSc1nc2ccccc2s1. The Kier molecular flexibility index (Phi) is 3.79. The molecule has 2 aromatic rings. The van der Waals surface area contributed by atoms with E-state index < -0.39 is 0 Å². The molecule has 84 valence electrons. The van der Waals surface area contributed by atoms with Gasteiger partial charge >= 0.3 is 0 Å². The van der Waals surface area contributed by atoms with E-state index in [-0.39, 0.29) is 5.91 Å². The number of benzene rings is 1. The number of nitrogens with zero attached hydrogens (tertiary/aromatic N) is 1. The van der Waals surface area contributed by atoms with Crippen LogP contribution in [0, 0.1) is 0 Å². The van der Waals surface area contributed by atoms with Crippen molar-refractivity contribution < 1.29 is 4.79 Å². The van der Waals surface area contributed by atoms with Crippen LogP contribution in [0.4, 0.5) is 0 Å². The van der Waals surface area contributed by atoms with Gasteiger partial charge in [0.1, 0.15) is 0 Å². The van der Waals surface area contributed by atoms with Gasteiger partial charge in [-0.05, 0) is 19.1 Å². The van der Waals surface area contributed by atoms with Crippen LogP contribution in [-0.2, 0) is 4.79 Å². The molecule has 0 radical (unpaired) electrons. The number of rotatable bonds is 4. The van der Waals surface area contributed by atoms with Gasteiger partial charge in [-0.25, -0.2) is 4.98 Å². The number of para-hydroxylation sites is 1. The fourth-order valence-electron chi connectivity index (χ4n) is 1.29. The van der Waals surface area contributed by atoms with Crippen LogP contribution < -0.4 is 5.32 Å². The fraction of sp³-hybridized carbons (Fsp3) is 0.273. The van der Waals surface area contributed by atoms with E-state index in [9.17, 15) is 4.79 Å². The average molecular weight is 252 g/mol. The fourth-order valence-corrected chi connectivity index (χ4v) is 3.19. The molecule has 16 heavy (non-hydrogen) atoms. The Labute approximate surface area is 102 Å². The van der Waals surface area contributed by atoms with Crippen molar-refractivity contribution in [1.29, 1.82) is 0 Å². The zero-order valence-electron chi connectivity index (χ0n) is 8.90. The lowest BCUT2D eigenvalue weighted by Crippen LogP contribution is -2.24. The highest BCUT2D eigenvalue weighted by Gasteiger charge is 2.06. The maximum absolute atomic E-state index is 11.3. The molecular formula is C11H12N2OS2. The minimum Gasteiger partial charge on any atom is -0.356 e. The lowest BCUT2D eigenvalue weighted by Gasteiger charge is -1.98. The molecule has 0 aliphatic rings. The van der Waals surface area contributed by atoms with Gasteiger partial charge in [0.25, 0.3) is 0 Å². The van der Waals surface area contributed by atoms with Crippen LogP contribution in [0.2, 0.25) is 0 Å². The Morgan fingerprint density at radius 1 is 1.50 bits per heavy atom. The van der Waals surface area contributed by atoms with Crippen molar-refractivity contribution in [3.63, 3.8) is 0 Å². The van der Waals surface area contributed by atoms with Crippen molar-refractivity contribution in [3.05, 3.63) is 24.3 Å². The molecule has 1 aromatic heterocycles. The standard InChI is InChI=1S/C11H12N2OS2/c1-2-12-10(14)7-15-11-13-8-5-3-4-6-9(8)16-11/h3-6H,2,7H2,1H3,(H,12,14). The van der Waals surface area contributed by atoms with Gasteiger partial charge < -0.3 is 5.32 Å². The highest BCUT2D eigenvalue weighted by atomic mass is 32.2. The van der Waals surface area contributed by atoms with Crippen molar-refractivity contribution in [2.24, 2.45) is 0 Å². The lowest BCUT2D eigenvalue weighted by atomic mass is 10.3. The number of amides is 1. The van der Waals surface area contributed by atoms with Crippen molar-refractivity contribution >= 4 is 39.2 Å². The van der Waals surface area contributed by atoms with Crippen LogP contribution in [-0.4, -0.2) is 23.2 Å². The van der Waals surface area contributed by atoms with Gasteiger partial charge in [-0.1, -0.05) is 23.9 Å². The molecule has 5 heteroatoms. The van der Waals surface area contributed by atoms with Gasteiger partial charge in [-0.15, -0.1) is 11.3 Å². The zero-order valence-corrected chi connectivity index (χ0v) is 10.5. The summed E-state index contributed by atoms with van der Waals surface area (Å²) in [6.45, 7) is 2.60. The molecular weight excluding hydrogens is 240 g/mol. The maximum atomic E-state index is 11.3. The second-order valence-electron chi connectivity index (χ2n) is 3.19. The largest absolute Gasteiger partial charge is 0.356 e. The Hall–Kier alpha value is -1.07. The lowest BCUT2D eigenvalue weighted by molar-refractivity contribution is -0.118. The van der Waals surface area contributed by atoms with E-state index in [1.54, 1.807) is 11.3 Å². The highest BCUT2D eigenvalue weighted by Crippen LogP contribution is 2.28. The first-order valence-corrected chi connectivity index (χ1v) is 6.85. The summed E-state index contributed by atoms with van der Waals surface area (Å²) in [5, 5.41) is 2.77. The summed E-state index contributed by atoms with van der Waals surface area (Å²) in [6, 6.07) is 8.00. The molecule has 1 amide bonds. The maximum Gasteiger partial charge on any atom is 0.230 e. The summed E-state index contributed by atoms with van der Waals surface area (Å²) in [4.78, 5) is 15.7. The van der Waals surface area contributed by atoms with E-state index in [0.29, 0.717) is 12.3 Å². The second-order valence-corrected chi connectivity index (χ2v) is 5.44. The van der Waals surface area contributed by atoms with Crippen molar-refractivity contribution in [2.75, 3.05) is 12.3 Å². The number of thiazole rings is 1. The molecule has 3 nitrogen and oxygen atoms in total. The molecule has 1 N–H and O–H groups in total. The first-order valence-electron chi connectivity index (χ1n) is 5.04. The molecule has 0 atom stereocenters. The summed E-state index contributed by atoms with van der Waals surface area (Å²) in [5.41, 5.74) is 1.01. The van der Waals surface area contributed by atoms with Crippen LogP contribution >= 0.6 is 23.1 Å². The van der Waals surface area contributed by atoms with Gasteiger partial charge in [0, 0.05) is 6.54 Å². The van der Waals surface area contributed by atoms with Gasteiger partial charge in [-0.2, -0.15) is 0 Å². The number of carbonyl (C=O) groups is 1. The number of fused-ring (bicyclic) bond motifs is 1. The highest BCUT2D eigenvalue weighted by molar-refractivity contribution is 8.01. The molecule has 1 heterocycles. The number of thioether (sulfide) groups is 1. The Balaban J connectivity index is 2.02. The predicted molar refractivity (Wildman–Crippen MR) is 69.0 cm³/mol. The third-order valence-electron chi connectivity index (χ3n) is 1.97. The molecule has 0 aliphatic heterocycles. The topological polar surface area (TPSA) is 42.0 Å². The molecule has 2 rings (SSSR count). The van der Waals surface area contributed by atoms with Crippen LogP contribution in [0.25, 0.3) is 10.2 Å². The Morgan fingerprint density at radius 3 is 3.06 bits per heavy atom. The van der Waals surface area contributed by atoms with Crippen LogP contribution in [0.15, 0.2) is 28.6 Å². The quantitative estimate of drug-likeness (QED) is 0.850. The van der Waals surface area contributed by atoms with Crippen molar-refractivity contribution in [1.82, 2.24) is 10.3 Å². The Morgan fingerprint density at radius 2 is 2.31 bits per heavy atom. The van der Waals surface area contributed by atoms with E-state index in [4.69, 9.17) is 0 Å². The smallest absolute Gasteiger partial charge is 0.230 e. The molecule has 0 aliphatic carbocycles. The van der Waals surface area contributed by atoms with Gasteiger partial charge in [-0.3, -0.25) is 4.79 Å². The number of aromatic nitrogens is 1. The van der Waals surface area contributed by atoms with Gasteiger partial charge in [0.2, 0.25) is 5.91 Å². The van der Waals surface area contributed by atoms with E-state index in [1.165, 1.54) is 16.5 Å². The molecule has 0 saturated carbocycles. The molecule has 0 saturated heterocycles. The molecule has 0 bridgehead atoms. The van der Waals surface area contributed by atoms with Gasteiger partial charge in [0.15, 0.2) is 4.34 Å². The summed E-state index contributed by atoms with van der Waals surface area (Å²) >= 11 is 3.12. The summed E-state index contributed by atoms with van der Waals surface area (Å²) in [6.07, 6.45) is 0. The first kappa shape index (κ1) is 11.4. The minimum absolute atomic E-state index is 0.0618. The summed E-state index contributed by atoms with van der Waals surface area (Å²) in [5.74, 6) is 0.500.